The van der Waals surface area contributed by atoms with Crippen molar-refractivity contribution in [3.8, 4) is 12.3 Å². The number of nitrogens with one attached hydrogen (secondary N) is 1. The molecule has 0 atom stereocenters. The molecule has 0 aliphatic rings. The van der Waals surface area contributed by atoms with E-state index >= 15 is 0 Å². The molecule has 0 aromatic heterocycles. The van der Waals surface area contributed by atoms with Crippen molar-refractivity contribution in [2.24, 2.45) is 0 Å². The zero-order valence-electron chi connectivity index (χ0n) is 8.31. The third-order valence-corrected chi connectivity index (χ3v) is 1.72. The molecule has 0 bridgehead atoms. The van der Waals surface area contributed by atoms with Crippen LogP contribution in [0.4, 0.5) is 5.69 Å². The van der Waals surface area contributed by atoms with Crippen LogP contribution in [0.3, 0.4) is 0 Å². The van der Waals surface area contributed by atoms with E-state index in [0.29, 0.717) is 5.69 Å². The Hall–Kier alpha value is -2.54. The van der Waals surface area contributed by atoms with Crippen LogP contribution in [0.1, 0.15) is 5.56 Å². The molecule has 4 nitrogen and oxygen atoms in total. The number of rotatable bonds is 3. The Morgan fingerprint density at radius 1 is 1.31 bits per heavy atom. The number of aliphatic carboxylic acids is 1. The maximum absolute atomic E-state index is 10.8. The van der Waals surface area contributed by atoms with Gasteiger partial charge in [0.1, 0.15) is 0 Å². The molecule has 0 aliphatic heterocycles. The highest BCUT2D eigenvalue weighted by atomic mass is 16.4. The lowest BCUT2D eigenvalue weighted by Gasteiger charge is -2.00. The quantitative estimate of drug-likeness (QED) is 0.591. The van der Waals surface area contributed by atoms with Crippen LogP contribution >= 0.6 is 0 Å². The monoisotopic (exact) mass is 215 g/mol. The van der Waals surface area contributed by atoms with Crippen molar-refractivity contribution in [3.63, 3.8) is 0 Å². The highest BCUT2D eigenvalue weighted by molar-refractivity contribution is 6.03. The van der Waals surface area contributed by atoms with E-state index in [0.717, 1.165) is 11.6 Å². The van der Waals surface area contributed by atoms with Gasteiger partial charge in [0.15, 0.2) is 0 Å². The molecule has 0 saturated heterocycles. The highest BCUT2D eigenvalue weighted by Crippen LogP contribution is 2.10. The van der Waals surface area contributed by atoms with Crippen LogP contribution in [0, 0.1) is 12.3 Å². The van der Waals surface area contributed by atoms with Crippen LogP contribution in [0.25, 0.3) is 6.08 Å². The minimum atomic E-state index is -1.01. The van der Waals surface area contributed by atoms with Crippen LogP contribution < -0.4 is 5.32 Å². The second-order valence-corrected chi connectivity index (χ2v) is 2.89. The van der Waals surface area contributed by atoms with Crippen LogP contribution in [-0.2, 0) is 9.59 Å². The Kier molecular flexibility index (Phi) is 3.87. The molecule has 0 unspecified atom stereocenters. The number of anilines is 1. The van der Waals surface area contributed by atoms with Crippen LogP contribution in [-0.4, -0.2) is 17.0 Å². The number of hydrogen-bond donors (Lipinski definition) is 2. The minimum absolute atomic E-state index is 0.520. The average Bonchev–Trinajstić information content (AvgIpc) is 2.28. The second-order valence-electron chi connectivity index (χ2n) is 2.89. The molecular formula is C12H9NO3. The number of terminal acetylenes is 1. The number of benzene rings is 1. The number of carboxylic acids is 1. The molecule has 0 heterocycles. The molecule has 0 aliphatic carbocycles. The first kappa shape index (κ1) is 11.5. The van der Waals surface area contributed by atoms with Crippen LogP contribution in [0.2, 0.25) is 0 Å². The van der Waals surface area contributed by atoms with Gasteiger partial charge in [0.2, 0.25) is 0 Å². The molecule has 0 spiro atoms. The fraction of sp³-hybridized carbons (Fsp3) is 0. The summed E-state index contributed by atoms with van der Waals surface area (Å²) >= 11 is 0. The van der Waals surface area contributed by atoms with Crippen molar-refractivity contribution >= 4 is 23.6 Å². The fourth-order valence-electron chi connectivity index (χ4n) is 1.01. The SMILES string of the molecule is C#CC(=O)Nc1ccc(/C=C/C(=O)O)cc1. The molecule has 2 N–H and O–H groups in total. The van der Waals surface area contributed by atoms with Crippen molar-refractivity contribution in [3.05, 3.63) is 35.9 Å². The summed E-state index contributed by atoms with van der Waals surface area (Å²) in [6.45, 7) is 0. The Balaban J connectivity index is 2.72. The van der Waals surface area contributed by atoms with Crippen molar-refractivity contribution in [1.29, 1.82) is 0 Å². The summed E-state index contributed by atoms with van der Waals surface area (Å²) in [5, 5.41) is 10.9. The number of carbonyl (C=O) groups is 2. The Labute approximate surface area is 92.6 Å². The van der Waals surface area contributed by atoms with E-state index in [1.807, 2.05) is 5.92 Å². The normalized spacial score (nSPS) is 9.69. The minimum Gasteiger partial charge on any atom is -0.478 e. The lowest BCUT2D eigenvalue weighted by Crippen LogP contribution is -2.07. The predicted octanol–water partition coefficient (Wildman–Crippen LogP) is 1.36. The lowest BCUT2D eigenvalue weighted by molar-refractivity contribution is -0.131. The molecule has 1 amide bonds. The van der Waals surface area contributed by atoms with E-state index in [9.17, 15) is 9.59 Å². The molecule has 0 fully saturated rings. The molecule has 0 saturated carbocycles. The van der Waals surface area contributed by atoms with Gasteiger partial charge < -0.3 is 10.4 Å². The average molecular weight is 215 g/mol. The summed E-state index contributed by atoms with van der Waals surface area (Å²) in [6.07, 6.45) is 7.38. The topological polar surface area (TPSA) is 66.4 Å². The molecule has 80 valence electrons. The zero-order chi connectivity index (χ0) is 12.0. The van der Waals surface area contributed by atoms with Gasteiger partial charge in [-0.1, -0.05) is 12.1 Å². The maximum Gasteiger partial charge on any atom is 0.328 e. The molecule has 16 heavy (non-hydrogen) atoms. The first-order chi connectivity index (χ1) is 7.61. The van der Waals surface area contributed by atoms with Gasteiger partial charge in [-0.15, -0.1) is 6.42 Å². The van der Waals surface area contributed by atoms with E-state index in [4.69, 9.17) is 11.5 Å². The van der Waals surface area contributed by atoms with Gasteiger partial charge in [0, 0.05) is 11.8 Å². The largest absolute Gasteiger partial charge is 0.478 e. The Morgan fingerprint density at radius 2 is 1.94 bits per heavy atom. The van der Waals surface area contributed by atoms with E-state index < -0.39 is 11.9 Å². The van der Waals surface area contributed by atoms with Gasteiger partial charge in [-0.3, -0.25) is 4.79 Å². The van der Waals surface area contributed by atoms with Gasteiger partial charge in [0.25, 0.3) is 5.91 Å². The van der Waals surface area contributed by atoms with Crippen LogP contribution in [0.15, 0.2) is 30.3 Å². The van der Waals surface area contributed by atoms with Crippen molar-refractivity contribution in [1.82, 2.24) is 0 Å². The molecule has 1 rings (SSSR count). The number of carboxylic acid groups (broad SMARTS) is 1. The predicted molar refractivity (Wildman–Crippen MR) is 60.6 cm³/mol. The molecule has 0 radical (unpaired) electrons. The summed E-state index contributed by atoms with van der Waals surface area (Å²) in [4.78, 5) is 21.1. The summed E-state index contributed by atoms with van der Waals surface area (Å²) < 4.78 is 0. The Bertz CT molecular complexity index is 466. The van der Waals surface area contributed by atoms with E-state index in [-0.39, 0.29) is 0 Å². The molecule has 4 heteroatoms. The summed E-state index contributed by atoms with van der Waals surface area (Å²) in [5.74, 6) is 0.397. The van der Waals surface area contributed by atoms with Crippen molar-refractivity contribution < 1.29 is 14.7 Å². The van der Waals surface area contributed by atoms with Gasteiger partial charge in [-0.25, -0.2) is 4.79 Å². The lowest BCUT2D eigenvalue weighted by atomic mass is 10.2. The number of amides is 1. The zero-order valence-corrected chi connectivity index (χ0v) is 8.31. The highest BCUT2D eigenvalue weighted by Gasteiger charge is 1.96. The van der Waals surface area contributed by atoms with Gasteiger partial charge in [-0.2, -0.15) is 0 Å². The number of carbonyl (C=O) groups excluding carboxylic acids is 1. The maximum atomic E-state index is 10.8. The second kappa shape index (κ2) is 5.37. The Morgan fingerprint density at radius 3 is 2.44 bits per heavy atom. The fourth-order valence-corrected chi connectivity index (χ4v) is 1.01. The van der Waals surface area contributed by atoms with Gasteiger partial charge >= 0.3 is 5.97 Å². The molecule has 1 aromatic carbocycles. The standard InChI is InChI=1S/C12H9NO3/c1-2-11(14)13-10-6-3-9(4-7-10)5-8-12(15)16/h1,3-8H,(H,13,14)(H,15,16)/b8-5+. The summed E-state index contributed by atoms with van der Waals surface area (Å²) in [7, 11) is 0. The first-order valence-corrected chi connectivity index (χ1v) is 4.40. The number of hydrogen-bond acceptors (Lipinski definition) is 2. The van der Waals surface area contributed by atoms with E-state index in [1.165, 1.54) is 6.08 Å². The van der Waals surface area contributed by atoms with Crippen LogP contribution in [0.5, 0.6) is 0 Å². The van der Waals surface area contributed by atoms with E-state index in [2.05, 4.69) is 5.32 Å². The van der Waals surface area contributed by atoms with Crippen molar-refractivity contribution in [2.45, 2.75) is 0 Å². The molecular weight excluding hydrogens is 206 g/mol. The summed E-state index contributed by atoms with van der Waals surface area (Å²) in [5.41, 5.74) is 1.29. The molecule has 1 aromatic rings. The van der Waals surface area contributed by atoms with Gasteiger partial charge in [-0.05, 0) is 29.7 Å². The summed E-state index contributed by atoms with van der Waals surface area (Å²) in [6, 6.07) is 6.62. The first-order valence-electron chi connectivity index (χ1n) is 4.40. The third kappa shape index (κ3) is 3.68. The van der Waals surface area contributed by atoms with Crippen molar-refractivity contribution in [2.75, 3.05) is 5.32 Å². The smallest absolute Gasteiger partial charge is 0.328 e. The van der Waals surface area contributed by atoms with Gasteiger partial charge in [0.05, 0.1) is 0 Å². The third-order valence-electron chi connectivity index (χ3n) is 1.72. The van der Waals surface area contributed by atoms with E-state index in [1.54, 1.807) is 24.3 Å².